The highest BCUT2D eigenvalue weighted by molar-refractivity contribution is 6.63. The Labute approximate surface area is 89.4 Å². The summed E-state index contributed by atoms with van der Waals surface area (Å²) in [6.45, 7) is 0. The zero-order valence-electron chi connectivity index (χ0n) is 7.95. The Bertz CT molecular complexity index is 303. The van der Waals surface area contributed by atoms with Crippen LogP contribution in [-0.2, 0) is 4.79 Å². The van der Waals surface area contributed by atoms with Crippen LogP contribution in [0.2, 0.25) is 0 Å². The van der Waals surface area contributed by atoms with Crippen LogP contribution in [-0.4, -0.2) is 5.24 Å². The molecule has 0 fully saturated rings. The second kappa shape index (κ2) is 6.39. The maximum atomic E-state index is 10.4. The van der Waals surface area contributed by atoms with Gasteiger partial charge in [-0.1, -0.05) is 42.5 Å². The number of carbonyl (C=O) groups excluding carboxylic acids is 1. The predicted octanol–water partition coefficient (Wildman–Crippen LogP) is 3.64. The van der Waals surface area contributed by atoms with Gasteiger partial charge in [0.05, 0.1) is 0 Å². The van der Waals surface area contributed by atoms with Crippen molar-refractivity contribution < 1.29 is 4.79 Å². The van der Waals surface area contributed by atoms with Crippen LogP contribution >= 0.6 is 11.6 Å². The van der Waals surface area contributed by atoms with Crippen molar-refractivity contribution in [3.8, 4) is 0 Å². The third kappa shape index (κ3) is 4.83. The Morgan fingerprint density at radius 2 is 2.00 bits per heavy atom. The van der Waals surface area contributed by atoms with E-state index in [1.165, 1.54) is 5.56 Å². The Morgan fingerprint density at radius 1 is 1.29 bits per heavy atom. The average molecular weight is 209 g/mol. The Hall–Kier alpha value is -1.08. The fraction of sp³-hybridized carbons (Fsp3) is 0.250. The molecule has 0 aromatic heterocycles. The summed E-state index contributed by atoms with van der Waals surface area (Å²) < 4.78 is 0. The van der Waals surface area contributed by atoms with E-state index in [9.17, 15) is 4.79 Å². The highest BCUT2D eigenvalue weighted by Gasteiger charge is 1.92. The first kappa shape index (κ1) is 11.0. The van der Waals surface area contributed by atoms with E-state index in [4.69, 9.17) is 11.6 Å². The Morgan fingerprint density at radius 3 is 2.64 bits per heavy atom. The van der Waals surface area contributed by atoms with Gasteiger partial charge in [0, 0.05) is 6.42 Å². The fourth-order valence-corrected chi connectivity index (χ4v) is 1.28. The second-order valence-electron chi connectivity index (χ2n) is 3.06. The van der Waals surface area contributed by atoms with Crippen molar-refractivity contribution in [2.24, 2.45) is 0 Å². The van der Waals surface area contributed by atoms with Crippen molar-refractivity contribution in [1.29, 1.82) is 0 Å². The van der Waals surface area contributed by atoms with Crippen LogP contribution in [0.1, 0.15) is 24.8 Å². The Kier molecular flexibility index (Phi) is 5.02. The minimum atomic E-state index is -0.252. The van der Waals surface area contributed by atoms with Crippen molar-refractivity contribution in [3.63, 3.8) is 0 Å². The largest absolute Gasteiger partial charge is 0.281 e. The number of unbranched alkanes of at least 4 members (excludes halogenated alkanes) is 1. The summed E-state index contributed by atoms with van der Waals surface area (Å²) in [6, 6.07) is 10.1. The van der Waals surface area contributed by atoms with E-state index < -0.39 is 0 Å². The SMILES string of the molecule is O=C(Cl)CCCC=Cc1ccccc1. The van der Waals surface area contributed by atoms with Crippen molar-refractivity contribution >= 4 is 22.9 Å². The number of hydrogen-bond acceptors (Lipinski definition) is 1. The van der Waals surface area contributed by atoms with Crippen molar-refractivity contribution in [2.45, 2.75) is 19.3 Å². The van der Waals surface area contributed by atoms with Crippen molar-refractivity contribution in [3.05, 3.63) is 42.0 Å². The molecule has 1 aromatic carbocycles. The van der Waals surface area contributed by atoms with Gasteiger partial charge in [-0.15, -0.1) is 0 Å². The lowest BCUT2D eigenvalue weighted by atomic mass is 10.2. The van der Waals surface area contributed by atoms with E-state index in [1.54, 1.807) is 0 Å². The molecule has 0 aliphatic rings. The molecule has 0 unspecified atom stereocenters. The molecule has 0 spiro atoms. The predicted molar refractivity (Wildman–Crippen MR) is 60.2 cm³/mol. The van der Waals surface area contributed by atoms with Crippen molar-refractivity contribution in [2.75, 3.05) is 0 Å². The molecule has 0 N–H and O–H groups in total. The lowest BCUT2D eigenvalue weighted by Crippen LogP contribution is -1.83. The fourth-order valence-electron chi connectivity index (χ4n) is 1.14. The molecule has 0 atom stereocenters. The number of benzene rings is 1. The van der Waals surface area contributed by atoms with E-state index >= 15 is 0 Å². The van der Waals surface area contributed by atoms with Crippen LogP contribution in [0.25, 0.3) is 6.08 Å². The molecular weight excluding hydrogens is 196 g/mol. The van der Waals surface area contributed by atoms with Gasteiger partial charge in [-0.2, -0.15) is 0 Å². The molecule has 1 nitrogen and oxygen atoms in total. The smallest absolute Gasteiger partial charge is 0.221 e. The monoisotopic (exact) mass is 208 g/mol. The van der Waals surface area contributed by atoms with E-state index in [0.29, 0.717) is 6.42 Å². The van der Waals surface area contributed by atoms with Crippen LogP contribution in [0.5, 0.6) is 0 Å². The van der Waals surface area contributed by atoms with Gasteiger partial charge in [-0.25, -0.2) is 0 Å². The van der Waals surface area contributed by atoms with Gasteiger partial charge in [0.2, 0.25) is 5.24 Å². The average Bonchev–Trinajstić information content (AvgIpc) is 2.18. The molecule has 0 amide bonds. The molecule has 0 bridgehead atoms. The number of rotatable bonds is 5. The lowest BCUT2D eigenvalue weighted by Gasteiger charge is -1.92. The number of halogens is 1. The van der Waals surface area contributed by atoms with Crippen LogP contribution in [0.15, 0.2) is 36.4 Å². The molecule has 0 saturated heterocycles. The summed E-state index contributed by atoms with van der Waals surface area (Å²) >= 11 is 5.21. The summed E-state index contributed by atoms with van der Waals surface area (Å²) in [4.78, 5) is 10.4. The highest BCUT2D eigenvalue weighted by Crippen LogP contribution is 2.05. The first-order valence-corrected chi connectivity index (χ1v) is 5.07. The zero-order chi connectivity index (χ0) is 10.2. The molecule has 14 heavy (non-hydrogen) atoms. The molecule has 1 aromatic rings. The molecule has 1 rings (SSSR count). The molecule has 74 valence electrons. The summed E-state index contributed by atoms with van der Waals surface area (Å²) in [5.74, 6) is 0. The van der Waals surface area contributed by atoms with Gasteiger partial charge < -0.3 is 0 Å². The van der Waals surface area contributed by atoms with E-state index in [1.807, 2.05) is 30.3 Å². The summed E-state index contributed by atoms with van der Waals surface area (Å²) in [7, 11) is 0. The van der Waals surface area contributed by atoms with Gasteiger partial charge in [0.15, 0.2) is 0 Å². The number of carbonyl (C=O) groups is 1. The van der Waals surface area contributed by atoms with Crippen LogP contribution in [0, 0.1) is 0 Å². The third-order valence-electron chi connectivity index (χ3n) is 1.85. The standard InChI is InChI=1S/C12H13ClO/c13-12(14)10-6-2-5-9-11-7-3-1-4-8-11/h1,3-5,7-9H,2,6,10H2. The van der Waals surface area contributed by atoms with Gasteiger partial charge in [0.1, 0.15) is 0 Å². The summed E-state index contributed by atoms with van der Waals surface area (Å²) in [5, 5.41) is -0.252. The molecule has 0 aliphatic heterocycles. The lowest BCUT2D eigenvalue weighted by molar-refractivity contribution is -0.111. The molecular formula is C12H13ClO. The summed E-state index contributed by atoms with van der Waals surface area (Å²) in [5.41, 5.74) is 1.18. The zero-order valence-corrected chi connectivity index (χ0v) is 8.70. The minimum Gasteiger partial charge on any atom is -0.281 e. The maximum Gasteiger partial charge on any atom is 0.221 e. The van der Waals surface area contributed by atoms with Crippen LogP contribution in [0.3, 0.4) is 0 Å². The number of allylic oxidation sites excluding steroid dienone is 1. The van der Waals surface area contributed by atoms with Gasteiger partial charge >= 0.3 is 0 Å². The van der Waals surface area contributed by atoms with E-state index in [0.717, 1.165) is 12.8 Å². The highest BCUT2D eigenvalue weighted by atomic mass is 35.5. The first-order valence-electron chi connectivity index (χ1n) is 4.69. The molecule has 0 heterocycles. The number of hydrogen-bond donors (Lipinski definition) is 0. The topological polar surface area (TPSA) is 17.1 Å². The van der Waals surface area contributed by atoms with Gasteiger partial charge in [0.25, 0.3) is 0 Å². The van der Waals surface area contributed by atoms with E-state index in [-0.39, 0.29) is 5.24 Å². The van der Waals surface area contributed by atoms with Gasteiger partial charge in [-0.3, -0.25) is 4.79 Å². The third-order valence-corrected chi connectivity index (χ3v) is 2.04. The van der Waals surface area contributed by atoms with Gasteiger partial charge in [-0.05, 0) is 30.0 Å². The van der Waals surface area contributed by atoms with Crippen LogP contribution in [0.4, 0.5) is 0 Å². The normalized spacial score (nSPS) is 10.6. The molecule has 0 radical (unpaired) electrons. The molecule has 0 aliphatic carbocycles. The minimum absolute atomic E-state index is 0.252. The molecule has 2 heteroatoms. The van der Waals surface area contributed by atoms with Crippen molar-refractivity contribution in [1.82, 2.24) is 0 Å². The van der Waals surface area contributed by atoms with Crippen LogP contribution < -0.4 is 0 Å². The quantitative estimate of drug-likeness (QED) is 0.534. The summed E-state index contributed by atoms with van der Waals surface area (Å²) in [6.07, 6.45) is 6.30. The molecule has 0 saturated carbocycles. The second-order valence-corrected chi connectivity index (χ2v) is 3.48. The maximum absolute atomic E-state index is 10.4. The van der Waals surface area contributed by atoms with E-state index in [2.05, 4.69) is 12.2 Å². The Balaban J connectivity index is 2.25. The first-order chi connectivity index (χ1) is 6.79.